The van der Waals surface area contributed by atoms with Crippen molar-refractivity contribution in [2.24, 2.45) is 0 Å². The van der Waals surface area contributed by atoms with Crippen LogP contribution < -0.4 is 4.74 Å². The molecule has 0 amide bonds. The first-order valence-electron chi connectivity index (χ1n) is 6.92. The van der Waals surface area contributed by atoms with Crippen LogP contribution >= 0.6 is 0 Å². The summed E-state index contributed by atoms with van der Waals surface area (Å²) >= 11 is 0. The Labute approximate surface area is 133 Å². The van der Waals surface area contributed by atoms with Crippen molar-refractivity contribution in [1.82, 2.24) is 15.0 Å². The van der Waals surface area contributed by atoms with Crippen molar-refractivity contribution in [3.63, 3.8) is 0 Å². The molecular weight excluding hydrogens is 288 g/mol. The van der Waals surface area contributed by atoms with Crippen molar-refractivity contribution in [3.05, 3.63) is 78.0 Å². The smallest absolute Gasteiger partial charge is 0.237 e. The van der Waals surface area contributed by atoms with E-state index in [0.29, 0.717) is 17.2 Å². The van der Waals surface area contributed by atoms with Gasteiger partial charge in [0.25, 0.3) is 0 Å². The topological polar surface area (TPSA) is 71.7 Å². The minimum absolute atomic E-state index is 0.456. The van der Waals surface area contributed by atoms with Crippen molar-refractivity contribution in [2.75, 3.05) is 0 Å². The van der Waals surface area contributed by atoms with Gasteiger partial charge < -0.3 is 4.74 Å². The van der Waals surface area contributed by atoms with E-state index in [1.165, 1.54) is 0 Å². The molecule has 3 aromatic rings. The van der Waals surface area contributed by atoms with Crippen molar-refractivity contribution >= 4 is 12.2 Å². The zero-order chi connectivity index (χ0) is 15.9. The van der Waals surface area contributed by atoms with E-state index in [2.05, 4.69) is 15.0 Å². The van der Waals surface area contributed by atoms with Crippen LogP contribution in [0.5, 0.6) is 11.6 Å². The molecule has 0 fully saturated rings. The first-order valence-corrected chi connectivity index (χ1v) is 6.92. The molecule has 2 aromatic heterocycles. The molecule has 5 heteroatoms. The maximum Gasteiger partial charge on any atom is 0.237 e. The number of ether oxygens (including phenoxy) is 1. The summed E-state index contributed by atoms with van der Waals surface area (Å²) in [6.45, 7) is 0. The van der Waals surface area contributed by atoms with Crippen LogP contribution in [0.1, 0.15) is 16.8 Å². The van der Waals surface area contributed by atoms with Gasteiger partial charge in [0.15, 0.2) is 0 Å². The normalized spacial score (nSPS) is 10.4. The van der Waals surface area contributed by atoms with Gasteiger partial charge in [-0.3, -0.25) is 9.97 Å². The third kappa shape index (κ3) is 3.99. The molecule has 0 unspecified atom stereocenters. The molecule has 0 bridgehead atoms. The second-order valence-electron chi connectivity index (χ2n) is 4.63. The van der Waals surface area contributed by atoms with Crippen LogP contribution in [-0.4, -0.2) is 15.0 Å². The standard InChI is InChI=1S/C18H12N4O/c19-11-15-2-6-16(22-12-15)5-1-14-3-7-17(8-4-14)23-18-13-20-9-10-21-18/h1-10,12-13H/b5-1+. The fourth-order valence-electron chi connectivity index (χ4n) is 1.86. The first kappa shape index (κ1) is 14.4. The van der Waals surface area contributed by atoms with Crippen LogP contribution in [0, 0.1) is 11.3 Å². The second kappa shape index (κ2) is 6.96. The number of nitrogens with zero attached hydrogens (tertiary/aromatic N) is 4. The molecule has 0 N–H and O–H groups in total. The highest BCUT2D eigenvalue weighted by Crippen LogP contribution is 2.19. The molecule has 0 saturated carbocycles. The summed E-state index contributed by atoms with van der Waals surface area (Å²) in [4.78, 5) is 12.2. The van der Waals surface area contributed by atoms with Gasteiger partial charge in [-0.2, -0.15) is 5.26 Å². The Kier molecular flexibility index (Phi) is 4.36. The minimum atomic E-state index is 0.456. The van der Waals surface area contributed by atoms with Crippen LogP contribution in [0.4, 0.5) is 0 Å². The largest absolute Gasteiger partial charge is 0.438 e. The zero-order valence-corrected chi connectivity index (χ0v) is 12.1. The summed E-state index contributed by atoms with van der Waals surface area (Å²) in [6.07, 6.45) is 10.1. The summed E-state index contributed by atoms with van der Waals surface area (Å²) in [5.41, 5.74) is 2.36. The minimum Gasteiger partial charge on any atom is -0.438 e. The first-order chi connectivity index (χ1) is 11.3. The lowest BCUT2D eigenvalue weighted by Crippen LogP contribution is -1.87. The lowest BCUT2D eigenvalue weighted by atomic mass is 10.2. The van der Waals surface area contributed by atoms with Gasteiger partial charge in [0.2, 0.25) is 5.88 Å². The Morgan fingerprint density at radius 3 is 2.43 bits per heavy atom. The monoisotopic (exact) mass is 300 g/mol. The van der Waals surface area contributed by atoms with E-state index < -0.39 is 0 Å². The van der Waals surface area contributed by atoms with Gasteiger partial charge in [-0.15, -0.1) is 0 Å². The molecule has 110 valence electrons. The molecule has 0 spiro atoms. The number of hydrogen-bond acceptors (Lipinski definition) is 5. The molecule has 0 aliphatic heterocycles. The third-order valence-electron chi connectivity index (χ3n) is 3.00. The predicted molar refractivity (Wildman–Crippen MR) is 86.4 cm³/mol. The lowest BCUT2D eigenvalue weighted by molar-refractivity contribution is 0.460. The van der Waals surface area contributed by atoms with Gasteiger partial charge in [0, 0.05) is 18.6 Å². The lowest BCUT2D eigenvalue weighted by Gasteiger charge is -2.03. The molecule has 0 radical (unpaired) electrons. The number of benzene rings is 1. The molecule has 23 heavy (non-hydrogen) atoms. The predicted octanol–water partition coefficient (Wildman–Crippen LogP) is 3.71. The molecule has 0 atom stereocenters. The van der Waals surface area contributed by atoms with Gasteiger partial charge in [-0.1, -0.05) is 18.2 Å². The molecule has 5 nitrogen and oxygen atoms in total. The maximum absolute atomic E-state index is 8.74. The van der Waals surface area contributed by atoms with Crippen molar-refractivity contribution < 1.29 is 4.74 Å². The van der Waals surface area contributed by atoms with Crippen molar-refractivity contribution in [3.8, 4) is 17.7 Å². The average Bonchev–Trinajstić information content (AvgIpc) is 2.62. The van der Waals surface area contributed by atoms with Gasteiger partial charge in [-0.25, -0.2) is 4.98 Å². The quantitative estimate of drug-likeness (QED) is 0.734. The van der Waals surface area contributed by atoms with Gasteiger partial charge in [0.1, 0.15) is 11.8 Å². The summed E-state index contributed by atoms with van der Waals surface area (Å²) in [5, 5.41) is 8.74. The number of nitriles is 1. The molecular formula is C18H12N4O. The van der Waals surface area contributed by atoms with Crippen LogP contribution in [0.25, 0.3) is 12.2 Å². The highest BCUT2D eigenvalue weighted by Gasteiger charge is 1.98. The number of aromatic nitrogens is 3. The summed E-state index contributed by atoms with van der Waals surface area (Å²) < 4.78 is 5.58. The fourth-order valence-corrected chi connectivity index (χ4v) is 1.86. The van der Waals surface area contributed by atoms with E-state index in [9.17, 15) is 0 Å². The highest BCUT2D eigenvalue weighted by molar-refractivity contribution is 5.68. The Hall–Kier alpha value is -3.52. The number of pyridine rings is 1. The molecule has 0 aliphatic rings. The van der Waals surface area contributed by atoms with Crippen LogP contribution in [-0.2, 0) is 0 Å². The molecule has 3 rings (SSSR count). The molecule has 1 aromatic carbocycles. The summed E-state index contributed by atoms with van der Waals surface area (Å²) in [5.74, 6) is 1.15. The second-order valence-corrected chi connectivity index (χ2v) is 4.63. The Morgan fingerprint density at radius 1 is 0.913 bits per heavy atom. The maximum atomic E-state index is 8.74. The van der Waals surface area contributed by atoms with Crippen molar-refractivity contribution in [1.29, 1.82) is 5.26 Å². The fraction of sp³-hybridized carbons (Fsp3) is 0. The van der Waals surface area contributed by atoms with E-state index >= 15 is 0 Å². The van der Waals surface area contributed by atoms with E-state index in [-0.39, 0.29) is 0 Å². The van der Waals surface area contributed by atoms with Gasteiger partial charge in [0.05, 0.1) is 17.5 Å². The van der Waals surface area contributed by atoms with Crippen LogP contribution in [0.2, 0.25) is 0 Å². The number of hydrogen-bond donors (Lipinski definition) is 0. The average molecular weight is 300 g/mol. The van der Waals surface area contributed by atoms with E-state index in [0.717, 1.165) is 11.3 Å². The Balaban J connectivity index is 1.67. The van der Waals surface area contributed by atoms with Gasteiger partial charge >= 0.3 is 0 Å². The summed E-state index contributed by atoms with van der Waals surface area (Å²) in [6, 6.07) is 13.2. The zero-order valence-electron chi connectivity index (χ0n) is 12.1. The molecule has 2 heterocycles. The van der Waals surface area contributed by atoms with E-state index in [4.69, 9.17) is 10.00 Å². The Bertz CT molecular complexity index is 835. The van der Waals surface area contributed by atoms with Crippen molar-refractivity contribution in [2.45, 2.75) is 0 Å². The SMILES string of the molecule is N#Cc1ccc(/C=C/c2ccc(Oc3cnccn3)cc2)nc1. The summed E-state index contributed by atoms with van der Waals surface area (Å²) in [7, 11) is 0. The van der Waals surface area contributed by atoms with E-state index in [1.807, 2.05) is 42.5 Å². The highest BCUT2D eigenvalue weighted by atomic mass is 16.5. The van der Waals surface area contributed by atoms with Crippen LogP contribution in [0.3, 0.4) is 0 Å². The molecule has 0 saturated heterocycles. The van der Waals surface area contributed by atoms with E-state index in [1.54, 1.807) is 36.9 Å². The van der Waals surface area contributed by atoms with Gasteiger partial charge in [-0.05, 0) is 35.9 Å². The Morgan fingerprint density at radius 2 is 1.78 bits per heavy atom. The molecule has 0 aliphatic carbocycles. The van der Waals surface area contributed by atoms with Crippen LogP contribution in [0.15, 0.2) is 61.2 Å². The number of rotatable bonds is 4. The third-order valence-corrected chi connectivity index (χ3v) is 3.00.